The van der Waals surface area contributed by atoms with E-state index in [-0.39, 0.29) is 18.1 Å². The van der Waals surface area contributed by atoms with Crippen molar-refractivity contribution in [3.05, 3.63) is 84.5 Å². The average Bonchev–Trinajstić information content (AvgIpc) is 2.77. The van der Waals surface area contributed by atoms with Gasteiger partial charge in [-0.3, -0.25) is 0 Å². The highest BCUT2D eigenvalue weighted by atomic mass is 16.5. The molecule has 0 aliphatic carbocycles. The second-order valence-corrected chi connectivity index (χ2v) is 5.82. The maximum Gasteiger partial charge on any atom is 0.414 e. The number of benzene rings is 1. The minimum absolute atomic E-state index is 0.0459. The summed E-state index contributed by atoms with van der Waals surface area (Å²) in [6.07, 6.45) is 6.27. The second-order valence-electron chi connectivity index (χ2n) is 5.82. The number of urea groups is 1. The molecule has 0 aliphatic rings. The van der Waals surface area contributed by atoms with Crippen LogP contribution in [-0.4, -0.2) is 30.9 Å². The van der Waals surface area contributed by atoms with Crippen molar-refractivity contribution >= 4 is 23.2 Å². The van der Waals surface area contributed by atoms with Crippen molar-refractivity contribution in [1.82, 2.24) is 5.32 Å². The number of aliphatic hydroxyl groups is 1. The first-order valence-corrected chi connectivity index (χ1v) is 8.74. The van der Waals surface area contributed by atoms with Crippen LogP contribution >= 0.6 is 0 Å². The first-order chi connectivity index (χ1) is 14.1. The van der Waals surface area contributed by atoms with Crippen LogP contribution in [0.3, 0.4) is 0 Å². The zero-order chi connectivity index (χ0) is 21.2. The Morgan fingerprint density at radius 3 is 2.62 bits per heavy atom. The van der Waals surface area contributed by atoms with Crippen LogP contribution in [0.2, 0.25) is 0 Å². The molecule has 0 spiro atoms. The van der Waals surface area contributed by atoms with Gasteiger partial charge in [0.15, 0.2) is 5.69 Å². The largest absolute Gasteiger partial charge is 0.497 e. The number of allylic oxidation sites excluding steroid dienone is 2. The van der Waals surface area contributed by atoms with Crippen molar-refractivity contribution in [3.8, 4) is 5.75 Å². The summed E-state index contributed by atoms with van der Waals surface area (Å²) in [5.41, 5.74) is 1.08. The smallest absolute Gasteiger partial charge is 0.414 e. The molecule has 1 unspecified atom stereocenters. The number of nitrogens with one attached hydrogen (secondary N) is 2. The molecular weight excluding hydrogens is 372 g/mol. The van der Waals surface area contributed by atoms with Crippen molar-refractivity contribution in [2.75, 3.05) is 18.6 Å². The van der Waals surface area contributed by atoms with Gasteiger partial charge < -0.3 is 15.2 Å². The lowest BCUT2D eigenvalue weighted by Crippen LogP contribution is -2.46. The topological polar surface area (TPSA) is 105 Å². The highest BCUT2D eigenvalue weighted by Gasteiger charge is 2.32. The number of pyridine rings is 1. The number of ether oxygens (including phenoxy) is 1. The predicted octanol–water partition coefficient (Wildman–Crippen LogP) is 3.41. The number of nitrogens with zero attached hydrogens (tertiary/aromatic N) is 2. The summed E-state index contributed by atoms with van der Waals surface area (Å²) >= 11 is 0. The fourth-order valence-electron chi connectivity index (χ4n) is 2.66. The molecule has 3 N–H and O–H groups in total. The first-order valence-electron chi connectivity index (χ1n) is 8.74. The fraction of sp³-hybridized carbons (Fsp3) is 0.143. The van der Waals surface area contributed by atoms with Gasteiger partial charge in [-0.15, -0.1) is 9.81 Å². The SMILES string of the molecule is C=C/C=C(\C=C)C(CO)NC(=O)N(c1ccc(OC)cc1)c1[nH+]cccc1N=O. The molecule has 8 heteroatoms. The molecule has 1 aromatic carbocycles. The lowest BCUT2D eigenvalue weighted by Gasteiger charge is -2.21. The number of amides is 2. The number of H-pyrrole nitrogens is 1. The Morgan fingerprint density at radius 2 is 2.07 bits per heavy atom. The second kappa shape index (κ2) is 10.5. The summed E-state index contributed by atoms with van der Waals surface area (Å²) in [4.78, 5) is 28.6. The molecule has 0 saturated carbocycles. The maximum atomic E-state index is 13.2. The van der Waals surface area contributed by atoms with Crippen LogP contribution in [0.25, 0.3) is 0 Å². The van der Waals surface area contributed by atoms with Gasteiger partial charge in [0.05, 0.1) is 26.0 Å². The van der Waals surface area contributed by atoms with E-state index in [4.69, 9.17) is 4.74 Å². The van der Waals surface area contributed by atoms with Crippen molar-refractivity contribution in [1.29, 1.82) is 0 Å². The van der Waals surface area contributed by atoms with E-state index in [0.717, 1.165) is 0 Å². The van der Waals surface area contributed by atoms with E-state index in [9.17, 15) is 14.8 Å². The van der Waals surface area contributed by atoms with Crippen LogP contribution in [0.15, 0.2) is 84.7 Å². The van der Waals surface area contributed by atoms with Gasteiger partial charge in [0.1, 0.15) is 11.4 Å². The summed E-state index contributed by atoms with van der Waals surface area (Å²) in [6, 6.07) is 8.47. The number of aliphatic hydroxyl groups excluding tert-OH is 1. The molecule has 2 aromatic rings. The van der Waals surface area contributed by atoms with Crippen molar-refractivity contribution in [2.24, 2.45) is 5.18 Å². The highest BCUT2D eigenvalue weighted by molar-refractivity contribution is 6.00. The molecule has 1 heterocycles. The minimum Gasteiger partial charge on any atom is -0.497 e. The third kappa shape index (κ3) is 5.14. The Hall–Kier alpha value is -3.78. The molecule has 150 valence electrons. The van der Waals surface area contributed by atoms with Crippen LogP contribution < -0.4 is 19.9 Å². The molecule has 29 heavy (non-hydrogen) atoms. The first kappa shape index (κ1) is 21.5. The van der Waals surface area contributed by atoms with Crippen LogP contribution in [0.5, 0.6) is 5.75 Å². The molecule has 2 rings (SSSR count). The quantitative estimate of drug-likeness (QED) is 0.501. The predicted molar refractivity (Wildman–Crippen MR) is 111 cm³/mol. The standard InChI is InChI=1S/C21H22N4O4/c1-4-7-15(5-2)19(14-26)23-21(27)25(16-9-11-17(29-3)12-10-16)20-18(24-28)8-6-13-22-20/h4-13,19,26H,1-2,14H2,3H3,(H,23,27)/p+1/b15-7+. The van der Waals surface area contributed by atoms with Crippen LogP contribution in [-0.2, 0) is 0 Å². The zero-order valence-corrected chi connectivity index (χ0v) is 16.0. The van der Waals surface area contributed by atoms with Gasteiger partial charge in [-0.25, -0.2) is 9.78 Å². The van der Waals surface area contributed by atoms with E-state index in [1.807, 2.05) is 0 Å². The molecule has 0 aliphatic heterocycles. The van der Waals surface area contributed by atoms with E-state index in [0.29, 0.717) is 17.0 Å². The van der Waals surface area contributed by atoms with Crippen LogP contribution in [0.4, 0.5) is 22.0 Å². The van der Waals surface area contributed by atoms with Crippen molar-refractivity contribution in [3.63, 3.8) is 0 Å². The third-order valence-corrected chi connectivity index (χ3v) is 4.10. The van der Waals surface area contributed by atoms with Gasteiger partial charge in [-0.2, -0.15) is 0 Å². The van der Waals surface area contributed by atoms with Gasteiger partial charge >= 0.3 is 11.8 Å². The molecular formula is C21H23N4O4+. The van der Waals surface area contributed by atoms with Gasteiger partial charge in [0.25, 0.3) is 0 Å². The highest BCUT2D eigenvalue weighted by Crippen LogP contribution is 2.31. The third-order valence-electron chi connectivity index (χ3n) is 4.10. The van der Waals surface area contributed by atoms with Gasteiger partial charge in [0.2, 0.25) is 0 Å². The number of rotatable bonds is 9. The average molecular weight is 395 g/mol. The summed E-state index contributed by atoms with van der Waals surface area (Å²) < 4.78 is 5.16. The summed E-state index contributed by atoms with van der Waals surface area (Å²) in [5, 5.41) is 15.5. The summed E-state index contributed by atoms with van der Waals surface area (Å²) in [7, 11) is 1.54. The normalized spacial score (nSPS) is 11.9. The number of hydrogen-bond acceptors (Lipinski definition) is 5. The molecule has 2 amide bonds. The van der Waals surface area contributed by atoms with E-state index in [1.54, 1.807) is 42.6 Å². The van der Waals surface area contributed by atoms with Gasteiger partial charge in [0, 0.05) is 0 Å². The Morgan fingerprint density at radius 1 is 1.34 bits per heavy atom. The number of nitroso groups, excluding NO2 is 1. The number of aromatic nitrogens is 1. The zero-order valence-electron chi connectivity index (χ0n) is 16.0. The van der Waals surface area contributed by atoms with Gasteiger partial charge in [-0.1, -0.05) is 31.4 Å². The van der Waals surface area contributed by atoms with Crippen molar-refractivity contribution < 1.29 is 19.6 Å². The molecule has 1 aromatic heterocycles. The molecule has 1 atom stereocenters. The maximum absolute atomic E-state index is 13.2. The number of anilines is 2. The molecule has 0 radical (unpaired) electrons. The minimum atomic E-state index is -0.727. The summed E-state index contributed by atoms with van der Waals surface area (Å²) in [5.74, 6) is 0.783. The Bertz CT molecular complexity index is 909. The van der Waals surface area contributed by atoms with Gasteiger partial charge in [-0.05, 0) is 47.1 Å². The number of aromatic amines is 1. The van der Waals surface area contributed by atoms with Crippen LogP contribution in [0.1, 0.15) is 0 Å². The number of methoxy groups -OCH3 is 1. The number of carbonyl (C=O) groups is 1. The van der Waals surface area contributed by atoms with Crippen LogP contribution in [0, 0.1) is 4.91 Å². The Balaban J connectivity index is 2.49. The number of carbonyl (C=O) groups excluding carboxylic acids is 1. The Kier molecular flexibility index (Phi) is 7.81. The molecule has 0 fully saturated rings. The number of hydrogen-bond donors (Lipinski definition) is 2. The lowest BCUT2D eigenvalue weighted by molar-refractivity contribution is -0.361. The summed E-state index contributed by atoms with van der Waals surface area (Å²) in [6.45, 7) is 6.96. The Labute approximate surface area is 168 Å². The van der Waals surface area contributed by atoms with E-state index < -0.39 is 12.1 Å². The lowest BCUT2D eigenvalue weighted by atomic mass is 10.1. The molecule has 8 nitrogen and oxygen atoms in total. The fourth-order valence-corrected chi connectivity index (χ4v) is 2.66. The van der Waals surface area contributed by atoms with E-state index >= 15 is 0 Å². The molecule has 0 bridgehead atoms. The molecule has 0 saturated heterocycles. The van der Waals surface area contributed by atoms with Crippen molar-refractivity contribution in [2.45, 2.75) is 6.04 Å². The monoisotopic (exact) mass is 395 g/mol. The van der Waals surface area contributed by atoms with E-state index in [1.165, 1.54) is 30.2 Å². The van der Waals surface area contributed by atoms with E-state index in [2.05, 4.69) is 28.6 Å².